The van der Waals surface area contributed by atoms with Crippen LogP contribution in [0.5, 0.6) is 0 Å². The second-order valence-corrected chi connectivity index (χ2v) is 5.02. The SMILES string of the molecule is CCCC(CCl)Cc1cc(F)cc(Br)c1. The van der Waals surface area contributed by atoms with Gasteiger partial charge in [0, 0.05) is 10.4 Å². The Labute approximate surface area is 104 Å². The van der Waals surface area contributed by atoms with Crippen LogP contribution in [-0.2, 0) is 6.42 Å². The molecule has 0 spiro atoms. The number of alkyl halides is 1. The van der Waals surface area contributed by atoms with E-state index in [0.717, 1.165) is 29.3 Å². The molecule has 0 aliphatic rings. The molecule has 0 saturated carbocycles. The quantitative estimate of drug-likeness (QED) is 0.685. The van der Waals surface area contributed by atoms with Crippen LogP contribution in [0.4, 0.5) is 4.39 Å². The van der Waals surface area contributed by atoms with Crippen LogP contribution in [0.15, 0.2) is 22.7 Å². The summed E-state index contributed by atoms with van der Waals surface area (Å²) in [5.74, 6) is 0.900. The molecular weight excluding hydrogens is 278 g/mol. The maximum Gasteiger partial charge on any atom is 0.124 e. The van der Waals surface area contributed by atoms with Gasteiger partial charge in [-0.05, 0) is 42.5 Å². The van der Waals surface area contributed by atoms with Gasteiger partial charge in [0.05, 0.1) is 0 Å². The predicted molar refractivity (Wildman–Crippen MR) is 66.9 cm³/mol. The fraction of sp³-hybridized carbons (Fsp3) is 0.500. The van der Waals surface area contributed by atoms with Gasteiger partial charge in [0.2, 0.25) is 0 Å². The highest BCUT2D eigenvalue weighted by molar-refractivity contribution is 9.10. The van der Waals surface area contributed by atoms with E-state index in [4.69, 9.17) is 11.6 Å². The predicted octanol–water partition coefficient (Wildman–Crippen LogP) is 4.79. The van der Waals surface area contributed by atoms with Gasteiger partial charge in [-0.25, -0.2) is 4.39 Å². The second-order valence-electron chi connectivity index (χ2n) is 3.79. The molecule has 0 nitrogen and oxygen atoms in total. The van der Waals surface area contributed by atoms with Crippen molar-refractivity contribution < 1.29 is 4.39 Å². The van der Waals surface area contributed by atoms with E-state index in [9.17, 15) is 4.39 Å². The van der Waals surface area contributed by atoms with Crippen LogP contribution >= 0.6 is 27.5 Å². The summed E-state index contributed by atoms with van der Waals surface area (Å²) in [6, 6.07) is 5.01. The second kappa shape index (κ2) is 6.49. The lowest BCUT2D eigenvalue weighted by Crippen LogP contribution is -2.06. The van der Waals surface area contributed by atoms with Gasteiger partial charge in [0.25, 0.3) is 0 Å². The Kier molecular flexibility index (Phi) is 5.62. The van der Waals surface area contributed by atoms with Crippen LogP contribution in [-0.4, -0.2) is 5.88 Å². The largest absolute Gasteiger partial charge is 0.207 e. The van der Waals surface area contributed by atoms with Crippen molar-refractivity contribution in [2.24, 2.45) is 5.92 Å². The van der Waals surface area contributed by atoms with Crippen molar-refractivity contribution in [3.05, 3.63) is 34.1 Å². The first kappa shape index (κ1) is 13.0. The fourth-order valence-corrected chi connectivity index (χ4v) is 2.48. The summed E-state index contributed by atoms with van der Waals surface area (Å²) >= 11 is 9.16. The Hall–Kier alpha value is -0.0800. The van der Waals surface area contributed by atoms with Crippen molar-refractivity contribution in [2.45, 2.75) is 26.2 Å². The summed E-state index contributed by atoms with van der Waals surface area (Å²) in [5, 5.41) is 0. The lowest BCUT2D eigenvalue weighted by molar-refractivity contribution is 0.525. The van der Waals surface area contributed by atoms with Crippen LogP contribution in [0.25, 0.3) is 0 Å². The number of hydrogen-bond donors (Lipinski definition) is 0. The minimum atomic E-state index is -0.191. The molecule has 1 aromatic carbocycles. The lowest BCUT2D eigenvalue weighted by atomic mass is 9.97. The average Bonchev–Trinajstić information content (AvgIpc) is 2.15. The Morgan fingerprint density at radius 2 is 2.13 bits per heavy atom. The van der Waals surface area contributed by atoms with Crippen molar-refractivity contribution in [3.8, 4) is 0 Å². The molecule has 15 heavy (non-hydrogen) atoms. The first-order valence-electron chi connectivity index (χ1n) is 5.16. The minimum absolute atomic E-state index is 0.191. The van der Waals surface area contributed by atoms with Gasteiger partial charge < -0.3 is 0 Å². The first-order valence-corrected chi connectivity index (χ1v) is 6.49. The van der Waals surface area contributed by atoms with Crippen LogP contribution in [0.1, 0.15) is 25.3 Å². The fourth-order valence-electron chi connectivity index (χ4n) is 1.70. The molecule has 0 aliphatic carbocycles. The topological polar surface area (TPSA) is 0 Å². The van der Waals surface area contributed by atoms with E-state index >= 15 is 0 Å². The molecule has 0 heterocycles. The zero-order chi connectivity index (χ0) is 11.3. The smallest absolute Gasteiger partial charge is 0.124 e. The van der Waals surface area contributed by atoms with Crippen molar-refractivity contribution in [3.63, 3.8) is 0 Å². The Bertz CT molecular complexity index is 294. The van der Waals surface area contributed by atoms with Crippen LogP contribution in [0.2, 0.25) is 0 Å². The molecule has 1 rings (SSSR count). The molecule has 1 aromatic rings. The molecule has 3 heteroatoms. The monoisotopic (exact) mass is 292 g/mol. The van der Waals surface area contributed by atoms with E-state index < -0.39 is 0 Å². The van der Waals surface area contributed by atoms with Gasteiger partial charge in [0.1, 0.15) is 5.82 Å². The molecule has 0 saturated heterocycles. The number of benzene rings is 1. The van der Waals surface area contributed by atoms with Gasteiger partial charge in [-0.2, -0.15) is 0 Å². The molecule has 0 N–H and O–H groups in total. The third-order valence-electron chi connectivity index (χ3n) is 2.36. The number of hydrogen-bond acceptors (Lipinski definition) is 0. The summed E-state index contributed by atoms with van der Waals surface area (Å²) in [6.45, 7) is 2.14. The normalized spacial score (nSPS) is 12.8. The first-order chi connectivity index (χ1) is 7.15. The standard InChI is InChI=1S/C12H15BrClF/c1-2-3-9(8-14)4-10-5-11(13)7-12(15)6-10/h5-7,9H,2-4,8H2,1H3. The zero-order valence-corrected chi connectivity index (χ0v) is 11.1. The van der Waals surface area contributed by atoms with Gasteiger partial charge in [-0.1, -0.05) is 29.3 Å². The van der Waals surface area contributed by atoms with Crippen molar-refractivity contribution >= 4 is 27.5 Å². The minimum Gasteiger partial charge on any atom is -0.207 e. The Morgan fingerprint density at radius 3 is 2.67 bits per heavy atom. The lowest BCUT2D eigenvalue weighted by Gasteiger charge is -2.12. The molecule has 0 fully saturated rings. The van der Waals surface area contributed by atoms with E-state index in [1.807, 2.05) is 6.07 Å². The van der Waals surface area contributed by atoms with Crippen LogP contribution < -0.4 is 0 Å². The maximum atomic E-state index is 13.1. The summed E-state index contributed by atoms with van der Waals surface area (Å²) in [6.07, 6.45) is 3.07. The summed E-state index contributed by atoms with van der Waals surface area (Å²) in [7, 11) is 0. The summed E-state index contributed by atoms with van der Waals surface area (Å²) < 4.78 is 13.9. The van der Waals surface area contributed by atoms with E-state index in [-0.39, 0.29) is 5.82 Å². The highest BCUT2D eigenvalue weighted by Gasteiger charge is 2.08. The molecule has 84 valence electrons. The van der Waals surface area contributed by atoms with Crippen molar-refractivity contribution in [1.82, 2.24) is 0 Å². The molecule has 0 radical (unpaired) electrons. The van der Waals surface area contributed by atoms with Gasteiger partial charge in [-0.15, -0.1) is 11.6 Å². The zero-order valence-electron chi connectivity index (χ0n) is 8.77. The van der Waals surface area contributed by atoms with E-state index in [0.29, 0.717) is 11.8 Å². The van der Waals surface area contributed by atoms with E-state index in [1.165, 1.54) is 6.07 Å². The third kappa shape index (κ3) is 4.52. The molecule has 1 atom stereocenters. The molecule has 0 amide bonds. The molecule has 0 bridgehead atoms. The summed E-state index contributed by atoms with van der Waals surface area (Å²) in [4.78, 5) is 0. The molecule has 1 unspecified atom stereocenters. The van der Waals surface area contributed by atoms with Crippen LogP contribution in [0, 0.1) is 11.7 Å². The highest BCUT2D eigenvalue weighted by atomic mass is 79.9. The third-order valence-corrected chi connectivity index (χ3v) is 3.26. The van der Waals surface area contributed by atoms with E-state index in [2.05, 4.69) is 22.9 Å². The number of halogens is 3. The average molecular weight is 294 g/mol. The Morgan fingerprint density at radius 1 is 1.40 bits per heavy atom. The Balaban J connectivity index is 2.69. The molecule has 0 aliphatic heterocycles. The summed E-state index contributed by atoms with van der Waals surface area (Å²) in [5.41, 5.74) is 1.01. The van der Waals surface area contributed by atoms with Gasteiger partial charge in [0.15, 0.2) is 0 Å². The van der Waals surface area contributed by atoms with Crippen molar-refractivity contribution in [1.29, 1.82) is 0 Å². The number of rotatable bonds is 5. The van der Waals surface area contributed by atoms with Gasteiger partial charge in [-0.3, -0.25) is 0 Å². The maximum absolute atomic E-state index is 13.1. The van der Waals surface area contributed by atoms with Crippen molar-refractivity contribution in [2.75, 3.05) is 5.88 Å². The molecular formula is C12H15BrClF. The molecule has 0 aromatic heterocycles. The highest BCUT2D eigenvalue weighted by Crippen LogP contribution is 2.20. The van der Waals surface area contributed by atoms with E-state index in [1.54, 1.807) is 6.07 Å². The van der Waals surface area contributed by atoms with Gasteiger partial charge >= 0.3 is 0 Å². The van der Waals surface area contributed by atoms with Crippen LogP contribution in [0.3, 0.4) is 0 Å².